The van der Waals surface area contributed by atoms with E-state index in [4.69, 9.17) is 5.21 Å². The molecule has 90 valence electrons. The highest BCUT2D eigenvalue weighted by Crippen LogP contribution is 2.29. The van der Waals surface area contributed by atoms with Crippen LogP contribution in [0.25, 0.3) is 0 Å². The van der Waals surface area contributed by atoms with Crippen molar-refractivity contribution < 1.29 is 5.21 Å². The maximum absolute atomic E-state index is 9.11. The highest BCUT2D eigenvalue weighted by Gasteiger charge is 2.18. The fraction of sp³-hybridized carbons (Fsp3) is 0.357. The van der Waals surface area contributed by atoms with Gasteiger partial charge in [0.1, 0.15) is 0 Å². The summed E-state index contributed by atoms with van der Waals surface area (Å²) < 4.78 is 0. The molecule has 0 amide bonds. The molecule has 0 bridgehead atoms. The fourth-order valence-corrected chi connectivity index (χ4v) is 3.14. The van der Waals surface area contributed by atoms with Gasteiger partial charge in [-0.25, -0.2) is 0 Å². The van der Waals surface area contributed by atoms with E-state index in [9.17, 15) is 0 Å². The van der Waals surface area contributed by atoms with Crippen LogP contribution in [0.4, 0.5) is 0 Å². The zero-order valence-electron chi connectivity index (χ0n) is 9.75. The Kier molecular flexibility index (Phi) is 4.68. The van der Waals surface area contributed by atoms with Gasteiger partial charge < -0.3 is 5.21 Å². The minimum atomic E-state index is 0.298. The zero-order chi connectivity index (χ0) is 11.9. The highest BCUT2D eigenvalue weighted by atomic mass is 32.2. The number of hydrogen-bond acceptors (Lipinski definition) is 3. The summed E-state index contributed by atoms with van der Waals surface area (Å²) in [7, 11) is 0. The van der Waals surface area contributed by atoms with Crippen LogP contribution in [0.2, 0.25) is 0 Å². The van der Waals surface area contributed by atoms with Gasteiger partial charge in [0.25, 0.3) is 0 Å². The largest absolute Gasteiger partial charge is 0.411 e. The van der Waals surface area contributed by atoms with Crippen molar-refractivity contribution in [2.24, 2.45) is 5.16 Å². The number of hydrogen-bond donors (Lipinski definition) is 1. The Balaban J connectivity index is 2.08. The lowest BCUT2D eigenvalue weighted by Crippen LogP contribution is -2.18. The Hall–Kier alpha value is -1.22. The number of oxime groups is 1. The normalized spacial score (nSPS) is 23.3. The molecule has 1 atom stereocenters. The second-order valence-corrected chi connectivity index (χ2v) is 5.37. The van der Waals surface area contributed by atoms with E-state index in [0.717, 1.165) is 31.4 Å². The van der Waals surface area contributed by atoms with Crippen molar-refractivity contribution in [2.45, 2.75) is 35.8 Å². The molecule has 0 spiro atoms. The summed E-state index contributed by atoms with van der Waals surface area (Å²) in [5, 5.41) is 12.9. The molecule has 0 saturated carbocycles. The molecule has 3 heteroatoms. The van der Waals surface area contributed by atoms with E-state index >= 15 is 0 Å². The van der Waals surface area contributed by atoms with Gasteiger partial charge >= 0.3 is 0 Å². The molecule has 0 fully saturated rings. The van der Waals surface area contributed by atoms with Gasteiger partial charge in [-0.2, -0.15) is 0 Å². The maximum atomic E-state index is 9.11. The van der Waals surface area contributed by atoms with Crippen molar-refractivity contribution in [1.29, 1.82) is 0 Å². The molecule has 1 N–H and O–H groups in total. The van der Waals surface area contributed by atoms with E-state index in [1.54, 1.807) is 11.8 Å². The Morgan fingerprint density at radius 1 is 1.12 bits per heavy atom. The lowest BCUT2D eigenvalue weighted by molar-refractivity contribution is 0.316. The number of thioether (sulfide) groups is 1. The molecule has 17 heavy (non-hydrogen) atoms. The first-order chi connectivity index (χ1) is 8.40. The predicted molar refractivity (Wildman–Crippen MR) is 72.9 cm³/mol. The van der Waals surface area contributed by atoms with Gasteiger partial charge in [0.05, 0.1) is 11.0 Å². The third-order valence-electron chi connectivity index (χ3n) is 2.85. The Morgan fingerprint density at radius 2 is 1.88 bits per heavy atom. The molecule has 0 saturated heterocycles. The van der Waals surface area contributed by atoms with E-state index in [1.165, 1.54) is 4.90 Å². The van der Waals surface area contributed by atoms with Crippen LogP contribution in [0.5, 0.6) is 0 Å². The first kappa shape index (κ1) is 12.2. The van der Waals surface area contributed by atoms with E-state index in [0.29, 0.717) is 5.25 Å². The molecular weight excluding hydrogens is 230 g/mol. The van der Waals surface area contributed by atoms with Crippen LogP contribution in [-0.2, 0) is 0 Å². The molecule has 1 unspecified atom stereocenters. The molecule has 1 aromatic rings. The minimum Gasteiger partial charge on any atom is -0.411 e. The molecule has 2 nitrogen and oxygen atoms in total. The van der Waals surface area contributed by atoms with E-state index in [-0.39, 0.29) is 0 Å². The van der Waals surface area contributed by atoms with Gasteiger partial charge in [-0.3, -0.25) is 0 Å². The van der Waals surface area contributed by atoms with E-state index < -0.39 is 0 Å². The van der Waals surface area contributed by atoms with Crippen molar-refractivity contribution in [2.75, 3.05) is 0 Å². The van der Waals surface area contributed by atoms with Crippen LogP contribution in [0.1, 0.15) is 25.7 Å². The molecule has 1 aliphatic carbocycles. The van der Waals surface area contributed by atoms with Crippen molar-refractivity contribution in [3.8, 4) is 0 Å². The van der Waals surface area contributed by atoms with Gasteiger partial charge in [0.2, 0.25) is 0 Å². The van der Waals surface area contributed by atoms with Gasteiger partial charge in [-0.05, 0) is 37.8 Å². The minimum absolute atomic E-state index is 0.298. The first-order valence-corrected chi connectivity index (χ1v) is 6.85. The summed E-state index contributed by atoms with van der Waals surface area (Å²) >= 11 is 1.80. The lowest BCUT2D eigenvalue weighted by atomic mass is 10.0. The van der Waals surface area contributed by atoms with Crippen molar-refractivity contribution in [3.05, 3.63) is 42.5 Å². The van der Waals surface area contributed by atoms with Gasteiger partial charge in [-0.1, -0.05) is 35.5 Å². The van der Waals surface area contributed by atoms with Gasteiger partial charge in [0.15, 0.2) is 0 Å². The molecule has 0 aliphatic heterocycles. The summed E-state index contributed by atoms with van der Waals surface area (Å²) in [4.78, 5) is 1.24. The number of benzene rings is 1. The summed E-state index contributed by atoms with van der Waals surface area (Å²) in [6.45, 7) is 0. The third kappa shape index (κ3) is 3.63. The van der Waals surface area contributed by atoms with E-state index in [1.807, 2.05) is 18.2 Å². The number of allylic oxidation sites excluding steroid dienone is 2. The number of nitrogens with zero attached hydrogens (tertiary/aromatic N) is 1. The number of rotatable bonds is 2. The second kappa shape index (κ2) is 6.50. The molecule has 0 aromatic heterocycles. The van der Waals surface area contributed by atoms with Crippen molar-refractivity contribution in [1.82, 2.24) is 0 Å². The van der Waals surface area contributed by atoms with Crippen LogP contribution in [0.15, 0.2) is 52.5 Å². The predicted octanol–water partition coefficient (Wildman–Crippen LogP) is 4.11. The molecule has 1 aromatic carbocycles. The summed E-state index contributed by atoms with van der Waals surface area (Å²) in [6.07, 6.45) is 8.34. The van der Waals surface area contributed by atoms with Crippen LogP contribution >= 0.6 is 11.8 Å². The Bertz CT molecular complexity index is 400. The third-order valence-corrected chi connectivity index (χ3v) is 4.19. The topological polar surface area (TPSA) is 32.6 Å². The average molecular weight is 247 g/mol. The zero-order valence-corrected chi connectivity index (χ0v) is 10.6. The van der Waals surface area contributed by atoms with Crippen molar-refractivity contribution in [3.63, 3.8) is 0 Å². The summed E-state index contributed by atoms with van der Waals surface area (Å²) in [5.41, 5.74) is 0.920. The second-order valence-electron chi connectivity index (χ2n) is 4.10. The van der Waals surface area contributed by atoms with Crippen LogP contribution in [0, 0.1) is 0 Å². The molecule has 1 aliphatic rings. The highest BCUT2D eigenvalue weighted by molar-refractivity contribution is 8.00. The quantitative estimate of drug-likeness (QED) is 0.484. The fourth-order valence-electron chi connectivity index (χ4n) is 1.95. The van der Waals surface area contributed by atoms with Gasteiger partial charge in [-0.15, -0.1) is 11.8 Å². The van der Waals surface area contributed by atoms with Crippen molar-refractivity contribution >= 4 is 17.5 Å². The Labute approximate surface area is 106 Å². The molecule has 2 rings (SSSR count). The summed E-state index contributed by atoms with van der Waals surface area (Å²) in [5.74, 6) is 0. The summed E-state index contributed by atoms with van der Waals surface area (Å²) in [6, 6.07) is 10.3. The van der Waals surface area contributed by atoms with Gasteiger partial charge in [0, 0.05) is 4.90 Å². The lowest BCUT2D eigenvalue weighted by Gasteiger charge is -2.18. The van der Waals surface area contributed by atoms with E-state index in [2.05, 4.69) is 29.4 Å². The standard InChI is InChI=1S/C14H17NOS/c16-15-13-10-6-1-2-7-11-14(13)17-12-8-4-3-5-9-12/h1-5,8-9,14,16H,6-7,10-11H2. The van der Waals surface area contributed by atoms with Crippen LogP contribution < -0.4 is 0 Å². The van der Waals surface area contributed by atoms with Crippen LogP contribution in [-0.4, -0.2) is 16.2 Å². The first-order valence-electron chi connectivity index (χ1n) is 5.97. The smallest absolute Gasteiger partial charge is 0.0707 e. The molecule has 0 radical (unpaired) electrons. The SMILES string of the molecule is ON=C1CCC=CCCC1Sc1ccccc1. The monoisotopic (exact) mass is 247 g/mol. The molecular formula is C14H17NOS. The van der Waals surface area contributed by atoms with Crippen LogP contribution in [0.3, 0.4) is 0 Å². The molecule has 0 heterocycles. The average Bonchev–Trinajstić information content (AvgIpc) is 2.34. The maximum Gasteiger partial charge on any atom is 0.0707 e. The Morgan fingerprint density at radius 3 is 2.65 bits per heavy atom.